The van der Waals surface area contributed by atoms with Crippen LogP contribution >= 0.6 is 0 Å². The molecule has 0 bridgehead atoms. The van der Waals surface area contributed by atoms with Crippen LogP contribution in [0.2, 0.25) is 0 Å². The van der Waals surface area contributed by atoms with Gasteiger partial charge in [-0.05, 0) is 116 Å². The third-order valence-electron chi connectivity index (χ3n) is 6.86. The van der Waals surface area contributed by atoms with Crippen LogP contribution in [0.3, 0.4) is 0 Å². The molecule has 0 radical (unpaired) electrons. The van der Waals surface area contributed by atoms with Crippen LogP contribution in [0.4, 0.5) is 0 Å². The van der Waals surface area contributed by atoms with Gasteiger partial charge in [0.1, 0.15) is 0 Å². The second kappa shape index (κ2) is 37.9. The smallest absolute Gasteiger partial charge is 0.00488 e. The maximum absolute atomic E-state index is 3.60. The van der Waals surface area contributed by atoms with Gasteiger partial charge in [-0.1, -0.05) is 137 Å². The van der Waals surface area contributed by atoms with Crippen molar-refractivity contribution in [1.29, 1.82) is 0 Å². The van der Waals surface area contributed by atoms with Gasteiger partial charge in [-0.25, -0.2) is 0 Å². The lowest BCUT2D eigenvalue weighted by Gasteiger charge is -2.03. The lowest BCUT2D eigenvalue weighted by Crippen LogP contribution is -2.16. The Balaban J connectivity index is 3.37. The minimum Gasteiger partial charge on any atom is -0.317 e. The zero-order chi connectivity index (χ0) is 29.6. The molecule has 232 valence electrons. The van der Waals surface area contributed by atoms with Crippen LogP contribution in [0.1, 0.15) is 142 Å². The first-order valence-electron chi connectivity index (χ1n) is 17.3. The summed E-state index contributed by atoms with van der Waals surface area (Å²) in [7, 11) is 0. The molecule has 0 spiro atoms. The standard InChI is InChI=1S/C40H67N/c1-3-5-7-9-11-13-15-17-19-21-23-25-27-29-31-33-35-37-39-41-40-38-36-34-32-30-28-26-24-22-20-18-16-14-12-10-8-6-4-2/h11-14,17-20,23-26,29-32,41H,3-10,15-16,21-22,27-28,33-40H2,1-2H3/b13-11-,14-12-,19-17-,20-18-,25-23-,26-24-,31-29-,32-30-. The van der Waals surface area contributed by atoms with Gasteiger partial charge in [-0.15, -0.1) is 0 Å². The van der Waals surface area contributed by atoms with Crippen LogP contribution in [-0.2, 0) is 0 Å². The molecule has 0 saturated carbocycles. The number of nitrogens with one attached hydrogen (secondary N) is 1. The summed E-state index contributed by atoms with van der Waals surface area (Å²) >= 11 is 0. The molecule has 0 rings (SSSR count). The molecule has 0 aliphatic rings. The van der Waals surface area contributed by atoms with Crippen LogP contribution in [0, 0.1) is 0 Å². The highest BCUT2D eigenvalue weighted by atomic mass is 14.8. The monoisotopic (exact) mass is 562 g/mol. The molecule has 0 aromatic carbocycles. The fourth-order valence-electron chi connectivity index (χ4n) is 4.27. The molecule has 0 aliphatic carbocycles. The average molecular weight is 562 g/mol. The van der Waals surface area contributed by atoms with E-state index in [0.717, 1.165) is 51.6 Å². The maximum atomic E-state index is 3.60. The lowest BCUT2D eigenvalue weighted by atomic mass is 10.2. The molecule has 0 atom stereocenters. The van der Waals surface area contributed by atoms with Crippen molar-refractivity contribution >= 4 is 0 Å². The van der Waals surface area contributed by atoms with Crippen molar-refractivity contribution in [3.8, 4) is 0 Å². The summed E-state index contributed by atoms with van der Waals surface area (Å²) in [6, 6.07) is 0. The van der Waals surface area contributed by atoms with Crippen molar-refractivity contribution in [2.24, 2.45) is 0 Å². The van der Waals surface area contributed by atoms with Gasteiger partial charge in [-0.2, -0.15) is 0 Å². The molecule has 0 saturated heterocycles. The molecule has 0 fully saturated rings. The van der Waals surface area contributed by atoms with Gasteiger partial charge < -0.3 is 5.32 Å². The molecule has 0 heterocycles. The first-order chi connectivity index (χ1) is 20.4. The van der Waals surface area contributed by atoms with E-state index in [-0.39, 0.29) is 0 Å². The molecule has 1 N–H and O–H groups in total. The van der Waals surface area contributed by atoms with Crippen molar-refractivity contribution in [3.63, 3.8) is 0 Å². The van der Waals surface area contributed by atoms with Crippen LogP contribution in [0.5, 0.6) is 0 Å². The first-order valence-corrected chi connectivity index (χ1v) is 17.3. The fraction of sp³-hybridized carbons (Fsp3) is 0.600. The summed E-state index contributed by atoms with van der Waals surface area (Å²) in [6.45, 7) is 6.82. The minimum absolute atomic E-state index is 1.05. The molecular weight excluding hydrogens is 494 g/mol. The Kier molecular flexibility index (Phi) is 35.9. The van der Waals surface area contributed by atoms with Gasteiger partial charge in [0.25, 0.3) is 0 Å². The molecule has 41 heavy (non-hydrogen) atoms. The van der Waals surface area contributed by atoms with E-state index in [1.165, 1.54) is 89.9 Å². The first kappa shape index (κ1) is 38.9. The van der Waals surface area contributed by atoms with Crippen molar-refractivity contribution in [3.05, 3.63) is 97.2 Å². The SMILES string of the molecule is CCCCC/C=C\C/C=C\C/C=C\C/C=C\CCCCNCCCC/C=C\C/C=C\C/C=C\C/C=C\CCCCC. The van der Waals surface area contributed by atoms with E-state index < -0.39 is 0 Å². The summed E-state index contributed by atoms with van der Waals surface area (Å²) in [6.07, 6.45) is 61.1. The van der Waals surface area contributed by atoms with Gasteiger partial charge in [-0.3, -0.25) is 0 Å². The number of rotatable bonds is 30. The zero-order valence-corrected chi connectivity index (χ0v) is 27.3. The third-order valence-corrected chi connectivity index (χ3v) is 6.86. The van der Waals surface area contributed by atoms with Crippen molar-refractivity contribution < 1.29 is 0 Å². The Morgan fingerprint density at radius 2 is 0.537 bits per heavy atom. The van der Waals surface area contributed by atoms with E-state index in [2.05, 4.69) is 116 Å². The highest BCUT2D eigenvalue weighted by molar-refractivity contribution is 5.00. The highest BCUT2D eigenvalue weighted by Crippen LogP contribution is 2.03. The number of allylic oxidation sites excluding steroid dienone is 16. The molecule has 0 amide bonds. The zero-order valence-electron chi connectivity index (χ0n) is 27.3. The van der Waals surface area contributed by atoms with Crippen molar-refractivity contribution in [2.45, 2.75) is 142 Å². The second-order valence-corrected chi connectivity index (χ2v) is 10.9. The molecular formula is C40H67N. The largest absolute Gasteiger partial charge is 0.317 e. The minimum atomic E-state index is 1.05. The molecule has 1 heteroatoms. The molecule has 1 nitrogen and oxygen atoms in total. The normalized spacial score (nSPS) is 13.1. The summed E-state index contributed by atoms with van der Waals surface area (Å²) in [5, 5.41) is 3.60. The van der Waals surface area contributed by atoms with Gasteiger partial charge in [0.05, 0.1) is 0 Å². The summed E-state index contributed by atoms with van der Waals surface area (Å²) in [5.74, 6) is 0. The predicted molar refractivity (Wildman–Crippen MR) is 190 cm³/mol. The molecule has 0 aromatic heterocycles. The maximum Gasteiger partial charge on any atom is -0.00488 e. The van der Waals surface area contributed by atoms with E-state index in [9.17, 15) is 0 Å². The Bertz CT molecular complexity index is 666. The Morgan fingerprint density at radius 1 is 0.293 bits per heavy atom. The van der Waals surface area contributed by atoms with Gasteiger partial charge in [0.15, 0.2) is 0 Å². The average Bonchev–Trinajstić information content (AvgIpc) is 2.98. The van der Waals surface area contributed by atoms with Crippen LogP contribution in [-0.4, -0.2) is 13.1 Å². The predicted octanol–water partition coefficient (Wildman–Crippen LogP) is 12.9. The van der Waals surface area contributed by atoms with E-state index in [4.69, 9.17) is 0 Å². The Morgan fingerprint density at radius 3 is 0.805 bits per heavy atom. The third kappa shape index (κ3) is 37.9. The summed E-state index contributed by atoms with van der Waals surface area (Å²) in [5.41, 5.74) is 0. The highest BCUT2D eigenvalue weighted by Gasteiger charge is 1.89. The quantitative estimate of drug-likeness (QED) is 0.0679. The summed E-state index contributed by atoms with van der Waals surface area (Å²) in [4.78, 5) is 0. The number of unbranched alkanes of at least 4 members (excludes halogenated alkanes) is 10. The van der Waals surface area contributed by atoms with Crippen molar-refractivity contribution in [1.82, 2.24) is 5.32 Å². The van der Waals surface area contributed by atoms with Crippen molar-refractivity contribution in [2.75, 3.05) is 13.1 Å². The van der Waals surface area contributed by atoms with Gasteiger partial charge in [0, 0.05) is 0 Å². The van der Waals surface area contributed by atoms with Crippen LogP contribution in [0.15, 0.2) is 97.2 Å². The number of hydrogen-bond donors (Lipinski definition) is 1. The molecule has 0 aliphatic heterocycles. The van der Waals surface area contributed by atoms with E-state index in [1.807, 2.05) is 0 Å². The van der Waals surface area contributed by atoms with Gasteiger partial charge in [0.2, 0.25) is 0 Å². The number of hydrogen-bond acceptors (Lipinski definition) is 1. The second-order valence-electron chi connectivity index (χ2n) is 10.9. The lowest BCUT2D eigenvalue weighted by molar-refractivity contribution is 0.594. The molecule has 0 unspecified atom stereocenters. The Hall–Kier alpha value is -2.12. The van der Waals surface area contributed by atoms with E-state index >= 15 is 0 Å². The summed E-state index contributed by atoms with van der Waals surface area (Å²) < 4.78 is 0. The van der Waals surface area contributed by atoms with E-state index in [1.54, 1.807) is 0 Å². The van der Waals surface area contributed by atoms with Crippen LogP contribution < -0.4 is 5.32 Å². The Labute approximate surface area is 257 Å². The fourth-order valence-corrected chi connectivity index (χ4v) is 4.27. The van der Waals surface area contributed by atoms with Crippen LogP contribution in [0.25, 0.3) is 0 Å². The topological polar surface area (TPSA) is 12.0 Å². The van der Waals surface area contributed by atoms with Gasteiger partial charge >= 0.3 is 0 Å². The van der Waals surface area contributed by atoms with E-state index in [0.29, 0.717) is 0 Å². The molecule has 0 aromatic rings.